The van der Waals surface area contributed by atoms with Crippen molar-refractivity contribution in [1.29, 1.82) is 0 Å². The van der Waals surface area contributed by atoms with Crippen LogP contribution in [0.3, 0.4) is 0 Å². The van der Waals surface area contributed by atoms with Crippen molar-refractivity contribution in [2.75, 3.05) is 28.8 Å². The summed E-state index contributed by atoms with van der Waals surface area (Å²) >= 11 is 0. The van der Waals surface area contributed by atoms with Crippen molar-refractivity contribution >= 4 is 17.8 Å². The molecule has 0 unspecified atom stereocenters. The molecular weight excluding hydrogens is 304 g/mol. The zero-order valence-electron chi connectivity index (χ0n) is 13.8. The van der Waals surface area contributed by atoms with Crippen LogP contribution in [0.5, 0.6) is 0 Å². The third-order valence-electron chi connectivity index (χ3n) is 4.16. The summed E-state index contributed by atoms with van der Waals surface area (Å²) in [5.41, 5.74) is 3.19. The molecule has 1 aliphatic heterocycles. The average Bonchev–Trinajstić information content (AvgIpc) is 2.60. The first-order valence-corrected chi connectivity index (χ1v) is 8.54. The van der Waals surface area contributed by atoms with Gasteiger partial charge in [-0.1, -0.05) is 49.6 Å². The van der Waals surface area contributed by atoms with Crippen LogP contribution in [0.25, 0.3) is 0 Å². The minimum absolute atomic E-state index is 0.164. The highest BCUT2D eigenvalue weighted by molar-refractivity contribution is 5.43. The number of benzene rings is 1. The van der Waals surface area contributed by atoms with E-state index in [9.17, 15) is 5.21 Å². The van der Waals surface area contributed by atoms with Gasteiger partial charge in [-0.25, -0.2) is 5.48 Å². The van der Waals surface area contributed by atoms with Crippen LogP contribution in [0.2, 0.25) is 0 Å². The predicted molar refractivity (Wildman–Crippen MR) is 94.3 cm³/mol. The normalized spacial score (nSPS) is 15.5. The molecule has 0 amide bonds. The van der Waals surface area contributed by atoms with Gasteiger partial charge in [0, 0.05) is 19.6 Å². The average molecular weight is 328 g/mol. The molecule has 0 spiro atoms. The predicted octanol–water partition coefficient (Wildman–Crippen LogP) is 3.06. The van der Waals surface area contributed by atoms with Crippen LogP contribution in [-0.4, -0.2) is 33.2 Å². The Kier molecular flexibility index (Phi) is 5.79. The molecule has 1 fully saturated rings. The van der Waals surface area contributed by atoms with Crippen molar-refractivity contribution < 1.29 is 5.21 Å². The molecule has 0 saturated carbocycles. The fraction of sp³-hybridized carbons (Fsp3) is 0.471. The van der Waals surface area contributed by atoms with Crippen LogP contribution in [0.4, 0.5) is 17.8 Å². The summed E-state index contributed by atoms with van der Waals surface area (Å²) in [5, 5.41) is 12.4. The molecule has 1 aromatic carbocycles. The fourth-order valence-electron chi connectivity index (χ4n) is 2.86. The highest BCUT2D eigenvalue weighted by Gasteiger charge is 2.14. The molecule has 128 valence electrons. The number of anilines is 3. The number of rotatable bonds is 5. The zero-order valence-corrected chi connectivity index (χ0v) is 13.8. The first-order chi connectivity index (χ1) is 11.8. The van der Waals surface area contributed by atoms with E-state index in [0.717, 1.165) is 31.5 Å². The van der Waals surface area contributed by atoms with Crippen LogP contribution < -0.4 is 15.7 Å². The molecule has 2 aromatic rings. The maximum Gasteiger partial charge on any atom is 0.253 e. The molecule has 24 heavy (non-hydrogen) atoms. The second-order valence-corrected chi connectivity index (χ2v) is 5.99. The Labute approximate surface area is 142 Å². The van der Waals surface area contributed by atoms with E-state index in [2.05, 4.69) is 25.2 Å². The number of nitrogens with one attached hydrogen (secondary N) is 2. The van der Waals surface area contributed by atoms with Gasteiger partial charge in [-0.3, -0.25) is 5.21 Å². The van der Waals surface area contributed by atoms with E-state index in [4.69, 9.17) is 0 Å². The minimum atomic E-state index is 0.164. The Morgan fingerprint density at radius 3 is 2.25 bits per heavy atom. The summed E-state index contributed by atoms with van der Waals surface area (Å²) in [6, 6.07) is 10.1. The molecule has 3 N–H and O–H groups in total. The van der Waals surface area contributed by atoms with Gasteiger partial charge >= 0.3 is 0 Å². The van der Waals surface area contributed by atoms with Gasteiger partial charge in [0.2, 0.25) is 11.9 Å². The largest absolute Gasteiger partial charge is 0.350 e. The van der Waals surface area contributed by atoms with E-state index in [-0.39, 0.29) is 5.95 Å². The number of nitrogens with zero attached hydrogens (tertiary/aromatic N) is 4. The smallest absolute Gasteiger partial charge is 0.253 e. The first-order valence-electron chi connectivity index (χ1n) is 8.54. The number of hydrogen-bond acceptors (Lipinski definition) is 7. The monoisotopic (exact) mass is 328 g/mol. The van der Waals surface area contributed by atoms with Gasteiger partial charge in [0.05, 0.1) is 0 Å². The Balaban J connectivity index is 1.74. The topological polar surface area (TPSA) is 86.2 Å². The van der Waals surface area contributed by atoms with Crippen LogP contribution in [-0.2, 0) is 6.54 Å². The highest BCUT2D eigenvalue weighted by Crippen LogP contribution is 2.18. The molecule has 0 bridgehead atoms. The molecule has 0 radical (unpaired) electrons. The molecule has 3 rings (SSSR count). The third kappa shape index (κ3) is 4.55. The van der Waals surface area contributed by atoms with Crippen molar-refractivity contribution in [1.82, 2.24) is 15.0 Å². The van der Waals surface area contributed by atoms with Gasteiger partial charge in [-0.15, -0.1) is 0 Å². The van der Waals surface area contributed by atoms with Gasteiger partial charge in [0.15, 0.2) is 0 Å². The lowest BCUT2D eigenvalue weighted by Gasteiger charge is -2.25. The molecule has 2 heterocycles. The lowest BCUT2D eigenvalue weighted by molar-refractivity contribution is 0.382. The Bertz CT molecular complexity index is 628. The van der Waals surface area contributed by atoms with Crippen LogP contribution in [0, 0.1) is 0 Å². The van der Waals surface area contributed by atoms with E-state index in [0.29, 0.717) is 18.4 Å². The Morgan fingerprint density at radius 1 is 0.875 bits per heavy atom. The van der Waals surface area contributed by atoms with Crippen LogP contribution in [0.1, 0.15) is 37.7 Å². The van der Waals surface area contributed by atoms with Gasteiger partial charge in [-0.05, 0) is 18.4 Å². The summed E-state index contributed by atoms with van der Waals surface area (Å²) in [7, 11) is 0. The fourth-order valence-corrected chi connectivity index (χ4v) is 2.86. The van der Waals surface area contributed by atoms with Crippen LogP contribution in [0.15, 0.2) is 30.3 Å². The summed E-state index contributed by atoms with van der Waals surface area (Å²) in [4.78, 5) is 15.2. The summed E-state index contributed by atoms with van der Waals surface area (Å²) < 4.78 is 0. The van der Waals surface area contributed by atoms with Gasteiger partial charge in [0.25, 0.3) is 5.95 Å². The molecule has 1 aliphatic rings. The standard InChI is InChI=1S/C17H24N6O/c24-22-16-19-15(18-13-14-9-5-4-6-10-14)20-17(21-16)23-11-7-2-1-3-8-12-23/h4-6,9-10,24H,1-3,7-8,11-13H2,(H2,18,19,20,21,22). The molecule has 0 atom stereocenters. The van der Waals surface area contributed by atoms with E-state index in [1.54, 1.807) is 0 Å². The van der Waals surface area contributed by atoms with E-state index in [1.807, 2.05) is 35.8 Å². The quantitative estimate of drug-likeness (QED) is 0.727. The van der Waals surface area contributed by atoms with E-state index in [1.165, 1.54) is 19.3 Å². The van der Waals surface area contributed by atoms with Crippen molar-refractivity contribution in [2.45, 2.75) is 38.6 Å². The molecule has 1 aromatic heterocycles. The number of hydrogen-bond donors (Lipinski definition) is 3. The summed E-state index contributed by atoms with van der Waals surface area (Å²) in [5.74, 6) is 1.24. The second-order valence-electron chi connectivity index (χ2n) is 5.99. The first kappa shape index (κ1) is 16.4. The second kappa shape index (κ2) is 8.44. The third-order valence-corrected chi connectivity index (χ3v) is 4.16. The maximum atomic E-state index is 9.22. The molecule has 1 saturated heterocycles. The SMILES string of the molecule is ONc1nc(NCc2ccccc2)nc(N2CCCCCCC2)n1. The Hall–Kier alpha value is -2.41. The lowest BCUT2D eigenvalue weighted by atomic mass is 10.1. The highest BCUT2D eigenvalue weighted by atomic mass is 16.5. The molecule has 7 nitrogen and oxygen atoms in total. The van der Waals surface area contributed by atoms with E-state index < -0.39 is 0 Å². The van der Waals surface area contributed by atoms with Gasteiger partial charge in [0.1, 0.15) is 0 Å². The zero-order chi connectivity index (χ0) is 16.6. The van der Waals surface area contributed by atoms with Crippen molar-refractivity contribution in [3.05, 3.63) is 35.9 Å². The summed E-state index contributed by atoms with van der Waals surface area (Å²) in [6.07, 6.45) is 6.07. The molecule has 0 aliphatic carbocycles. The van der Waals surface area contributed by atoms with Crippen LogP contribution >= 0.6 is 0 Å². The Morgan fingerprint density at radius 2 is 1.54 bits per heavy atom. The van der Waals surface area contributed by atoms with Gasteiger partial charge in [-0.2, -0.15) is 15.0 Å². The lowest BCUT2D eigenvalue weighted by Crippen LogP contribution is -2.29. The van der Waals surface area contributed by atoms with Crippen molar-refractivity contribution in [2.24, 2.45) is 0 Å². The summed E-state index contributed by atoms with van der Waals surface area (Å²) in [6.45, 7) is 2.50. The molecular formula is C17H24N6O. The maximum absolute atomic E-state index is 9.22. The van der Waals surface area contributed by atoms with Gasteiger partial charge < -0.3 is 10.2 Å². The van der Waals surface area contributed by atoms with Crippen molar-refractivity contribution in [3.8, 4) is 0 Å². The number of aromatic nitrogens is 3. The van der Waals surface area contributed by atoms with Crippen molar-refractivity contribution in [3.63, 3.8) is 0 Å². The van der Waals surface area contributed by atoms with E-state index >= 15 is 0 Å². The molecule has 7 heteroatoms. The minimum Gasteiger partial charge on any atom is -0.350 e.